The lowest BCUT2D eigenvalue weighted by Gasteiger charge is -2.37. The zero-order chi connectivity index (χ0) is 15.3. The molecular formula is C17H16N2O3. The lowest BCUT2D eigenvalue weighted by Crippen LogP contribution is -2.38. The summed E-state index contributed by atoms with van der Waals surface area (Å²) in [5.41, 5.74) is 0.485. The molecule has 0 radical (unpaired) electrons. The maximum atomic E-state index is 12.5. The van der Waals surface area contributed by atoms with Gasteiger partial charge < -0.3 is 5.11 Å². The molecule has 1 aromatic rings. The van der Waals surface area contributed by atoms with Crippen molar-refractivity contribution < 1.29 is 14.7 Å². The van der Waals surface area contributed by atoms with Crippen LogP contribution in [0.3, 0.4) is 0 Å². The van der Waals surface area contributed by atoms with Gasteiger partial charge in [-0.3, -0.25) is 9.59 Å². The first-order chi connectivity index (χ1) is 10.7. The quantitative estimate of drug-likeness (QED) is 0.515. The number of rotatable bonds is 2. The fourth-order valence-corrected chi connectivity index (χ4v) is 3.89. The number of fused-ring (bicyclic) bond motifs is 1. The van der Waals surface area contributed by atoms with Gasteiger partial charge in [0.15, 0.2) is 0 Å². The molecule has 5 rings (SSSR count). The van der Waals surface area contributed by atoms with Crippen LogP contribution in [0.1, 0.15) is 18.4 Å². The topological polar surface area (TPSA) is 70.0 Å². The third-order valence-electron chi connectivity index (χ3n) is 4.99. The molecule has 4 atom stereocenters. The van der Waals surface area contributed by atoms with Gasteiger partial charge in [0, 0.05) is 5.56 Å². The summed E-state index contributed by atoms with van der Waals surface area (Å²) >= 11 is 0. The van der Waals surface area contributed by atoms with E-state index >= 15 is 0 Å². The predicted molar refractivity (Wildman–Crippen MR) is 79.9 cm³/mol. The summed E-state index contributed by atoms with van der Waals surface area (Å²) < 4.78 is 0. The minimum Gasteiger partial charge on any atom is -0.507 e. The van der Waals surface area contributed by atoms with Gasteiger partial charge in [-0.15, -0.1) is 0 Å². The highest BCUT2D eigenvalue weighted by Crippen LogP contribution is 2.49. The summed E-state index contributed by atoms with van der Waals surface area (Å²) in [6.45, 7) is 0. The number of hydrogen-bond acceptors (Lipinski definition) is 4. The second-order valence-electron chi connectivity index (χ2n) is 6.13. The number of phenols is 1. The standard InChI is InChI=1S/C17H16N2O3/c20-13-4-2-1-3-12(13)9-18-19-16(21)14-10-5-6-11(8-7-10)15(14)17(19)22/h1-6,9-11,14-15,20H,7-8H2/b18-9+/t10-,11+,14-,15-/m0/s1. The maximum absolute atomic E-state index is 12.5. The van der Waals surface area contributed by atoms with E-state index in [9.17, 15) is 14.7 Å². The molecule has 1 saturated heterocycles. The molecule has 5 heteroatoms. The van der Waals surface area contributed by atoms with Gasteiger partial charge in [0.2, 0.25) is 0 Å². The molecule has 2 bridgehead atoms. The van der Waals surface area contributed by atoms with Gasteiger partial charge in [0.1, 0.15) is 5.75 Å². The van der Waals surface area contributed by atoms with Crippen molar-refractivity contribution in [2.75, 3.05) is 0 Å². The largest absolute Gasteiger partial charge is 0.507 e. The fraction of sp³-hybridized carbons (Fsp3) is 0.353. The second kappa shape index (κ2) is 4.80. The van der Waals surface area contributed by atoms with E-state index < -0.39 is 0 Å². The number of carbonyl (C=O) groups excluding carboxylic acids is 2. The van der Waals surface area contributed by atoms with E-state index in [1.165, 1.54) is 6.21 Å². The lowest BCUT2D eigenvalue weighted by atomic mass is 9.63. The summed E-state index contributed by atoms with van der Waals surface area (Å²) in [5, 5.41) is 14.8. The van der Waals surface area contributed by atoms with Gasteiger partial charge in [-0.2, -0.15) is 10.1 Å². The highest BCUT2D eigenvalue weighted by Gasteiger charge is 2.56. The fourth-order valence-electron chi connectivity index (χ4n) is 3.89. The van der Waals surface area contributed by atoms with Crippen molar-refractivity contribution in [1.82, 2.24) is 5.01 Å². The zero-order valence-electron chi connectivity index (χ0n) is 11.9. The Morgan fingerprint density at radius 2 is 1.64 bits per heavy atom. The summed E-state index contributed by atoms with van der Waals surface area (Å²) in [6.07, 6.45) is 7.47. The lowest BCUT2D eigenvalue weighted by molar-refractivity contribution is -0.140. The zero-order valence-corrected chi connectivity index (χ0v) is 11.9. The molecule has 112 valence electrons. The van der Waals surface area contributed by atoms with Crippen LogP contribution in [-0.2, 0) is 9.59 Å². The molecular weight excluding hydrogens is 280 g/mol. The Morgan fingerprint density at radius 1 is 1.05 bits per heavy atom. The number of hydrazone groups is 1. The number of allylic oxidation sites excluding steroid dienone is 2. The van der Waals surface area contributed by atoms with Crippen molar-refractivity contribution in [2.24, 2.45) is 28.8 Å². The molecule has 1 aliphatic heterocycles. The summed E-state index contributed by atoms with van der Waals surface area (Å²) in [7, 11) is 0. The van der Waals surface area contributed by atoms with Gasteiger partial charge in [-0.1, -0.05) is 24.3 Å². The summed E-state index contributed by atoms with van der Waals surface area (Å²) in [5.74, 6) is -0.518. The smallest absolute Gasteiger partial charge is 0.254 e. The third-order valence-corrected chi connectivity index (χ3v) is 4.99. The molecule has 1 saturated carbocycles. The average molecular weight is 296 g/mol. The summed E-state index contributed by atoms with van der Waals surface area (Å²) in [4.78, 5) is 25.1. The highest BCUT2D eigenvalue weighted by molar-refractivity contribution is 6.06. The number of para-hydroxylation sites is 1. The second-order valence-corrected chi connectivity index (χ2v) is 6.13. The molecule has 3 aliphatic carbocycles. The molecule has 4 aliphatic rings. The molecule has 0 aromatic heterocycles. The van der Waals surface area contributed by atoms with Crippen molar-refractivity contribution in [3.8, 4) is 5.75 Å². The SMILES string of the molecule is O=C1[C@@H]2[C@@H](C(=O)N1/N=C/c1ccccc1O)[C@H]1C=C[C@@H]2CC1. The van der Waals surface area contributed by atoms with Crippen molar-refractivity contribution in [1.29, 1.82) is 0 Å². The Hall–Kier alpha value is -2.43. The van der Waals surface area contributed by atoms with Gasteiger partial charge in [-0.25, -0.2) is 0 Å². The molecule has 2 fully saturated rings. The molecule has 1 heterocycles. The number of amides is 2. The first-order valence-corrected chi connectivity index (χ1v) is 7.55. The molecule has 0 unspecified atom stereocenters. The molecule has 5 nitrogen and oxygen atoms in total. The monoisotopic (exact) mass is 296 g/mol. The number of nitrogens with zero attached hydrogens (tertiary/aromatic N) is 2. The van der Waals surface area contributed by atoms with Crippen LogP contribution in [-0.4, -0.2) is 28.1 Å². The first-order valence-electron chi connectivity index (χ1n) is 7.55. The van der Waals surface area contributed by atoms with Crippen molar-refractivity contribution in [2.45, 2.75) is 12.8 Å². The number of phenolic OH excluding ortho intramolecular Hbond substituents is 1. The Morgan fingerprint density at radius 3 is 2.18 bits per heavy atom. The van der Waals surface area contributed by atoms with Crippen LogP contribution in [0.25, 0.3) is 0 Å². The van der Waals surface area contributed by atoms with E-state index in [0.29, 0.717) is 5.56 Å². The average Bonchev–Trinajstić information content (AvgIpc) is 2.82. The number of carbonyl (C=O) groups is 2. The predicted octanol–water partition coefficient (Wildman–Crippen LogP) is 1.92. The van der Waals surface area contributed by atoms with Crippen molar-refractivity contribution >= 4 is 18.0 Å². The van der Waals surface area contributed by atoms with Gasteiger partial charge in [0.05, 0.1) is 18.1 Å². The maximum Gasteiger partial charge on any atom is 0.254 e. The van der Waals surface area contributed by atoms with Crippen molar-refractivity contribution in [3.63, 3.8) is 0 Å². The number of benzene rings is 1. The minimum atomic E-state index is -0.252. The molecule has 1 aromatic carbocycles. The van der Waals surface area contributed by atoms with E-state index in [2.05, 4.69) is 17.3 Å². The van der Waals surface area contributed by atoms with Crippen molar-refractivity contribution in [3.05, 3.63) is 42.0 Å². The van der Waals surface area contributed by atoms with Crippen LogP contribution in [0, 0.1) is 23.7 Å². The van der Waals surface area contributed by atoms with Crippen LogP contribution < -0.4 is 0 Å². The third kappa shape index (κ3) is 1.81. The van der Waals surface area contributed by atoms with Crippen LogP contribution in [0.2, 0.25) is 0 Å². The Kier molecular flexibility index (Phi) is 2.89. The van der Waals surface area contributed by atoms with E-state index in [0.717, 1.165) is 17.9 Å². The number of aromatic hydroxyl groups is 1. The molecule has 2 amide bonds. The van der Waals surface area contributed by atoms with E-state index in [1.807, 2.05) is 0 Å². The van der Waals surface area contributed by atoms with Crippen LogP contribution in [0.4, 0.5) is 0 Å². The van der Waals surface area contributed by atoms with E-state index in [-0.39, 0.29) is 41.2 Å². The first kappa shape index (κ1) is 13.2. The Bertz CT molecular complexity index is 678. The van der Waals surface area contributed by atoms with Crippen LogP contribution in [0.15, 0.2) is 41.5 Å². The van der Waals surface area contributed by atoms with Gasteiger partial charge in [0.25, 0.3) is 11.8 Å². The molecule has 22 heavy (non-hydrogen) atoms. The molecule has 0 spiro atoms. The Balaban J connectivity index is 1.63. The van der Waals surface area contributed by atoms with E-state index in [4.69, 9.17) is 0 Å². The van der Waals surface area contributed by atoms with Gasteiger partial charge >= 0.3 is 0 Å². The Labute approximate surface area is 127 Å². The van der Waals surface area contributed by atoms with E-state index in [1.54, 1.807) is 24.3 Å². The highest BCUT2D eigenvalue weighted by atomic mass is 16.3. The van der Waals surface area contributed by atoms with Crippen LogP contribution in [0.5, 0.6) is 5.75 Å². The molecule has 1 N–H and O–H groups in total. The minimum absolute atomic E-state index is 0.0736. The van der Waals surface area contributed by atoms with Crippen LogP contribution >= 0.6 is 0 Å². The summed E-state index contributed by atoms with van der Waals surface area (Å²) in [6, 6.07) is 6.69. The number of hydrogen-bond donors (Lipinski definition) is 1. The van der Waals surface area contributed by atoms with Gasteiger partial charge in [-0.05, 0) is 36.8 Å². The number of imide groups is 1. The normalized spacial score (nSPS) is 33.0.